The van der Waals surface area contributed by atoms with Crippen molar-refractivity contribution in [1.82, 2.24) is 4.98 Å². The molecule has 1 aromatic carbocycles. The second kappa shape index (κ2) is 4.19. The van der Waals surface area contributed by atoms with Crippen molar-refractivity contribution in [1.29, 1.82) is 0 Å². The summed E-state index contributed by atoms with van der Waals surface area (Å²) in [6, 6.07) is 3.85. The van der Waals surface area contributed by atoms with E-state index in [4.69, 9.17) is 5.73 Å². The van der Waals surface area contributed by atoms with E-state index in [9.17, 15) is 8.78 Å². The topological polar surface area (TPSA) is 38.9 Å². The first-order valence-electron chi connectivity index (χ1n) is 6.20. The molecular weight excluding hydrogens is 234 g/mol. The minimum atomic E-state index is -0.642. The quantitative estimate of drug-likeness (QED) is 0.834. The molecule has 0 saturated heterocycles. The predicted octanol–water partition coefficient (Wildman–Crippen LogP) is 3.75. The molecule has 0 amide bonds. The van der Waals surface area contributed by atoms with Crippen molar-refractivity contribution >= 4 is 16.6 Å². The molecule has 0 atom stereocenters. The molecule has 1 heterocycles. The summed E-state index contributed by atoms with van der Waals surface area (Å²) < 4.78 is 26.9. The van der Waals surface area contributed by atoms with Crippen molar-refractivity contribution in [3.8, 4) is 0 Å². The molecule has 2 nitrogen and oxygen atoms in total. The molecule has 2 N–H and O–H groups in total. The number of fused-ring (bicyclic) bond motifs is 1. The summed E-state index contributed by atoms with van der Waals surface area (Å²) in [4.78, 5) is 4.34. The van der Waals surface area contributed by atoms with Gasteiger partial charge in [0.1, 0.15) is 11.3 Å². The summed E-state index contributed by atoms with van der Waals surface area (Å²) in [6.45, 7) is 0. The van der Waals surface area contributed by atoms with Crippen molar-refractivity contribution in [2.24, 2.45) is 0 Å². The van der Waals surface area contributed by atoms with Gasteiger partial charge in [-0.05, 0) is 25.0 Å². The van der Waals surface area contributed by atoms with Crippen LogP contribution >= 0.6 is 0 Å². The van der Waals surface area contributed by atoms with E-state index in [1.807, 2.05) is 0 Å². The SMILES string of the molecule is Nc1cc(C2CCCC2)nc2c(F)cc(F)cc12. The Morgan fingerprint density at radius 3 is 2.56 bits per heavy atom. The Hall–Kier alpha value is -1.71. The number of nitrogens with two attached hydrogens (primary N) is 1. The van der Waals surface area contributed by atoms with Crippen LogP contribution in [0, 0.1) is 11.6 Å². The number of nitrogen functional groups attached to an aromatic ring is 1. The number of hydrogen-bond donors (Lipinski definition) is 1. The second-order valence-electron chi connectivity index (χ2n) is 4.90. The monoisotopic (exact) mass is 248 g/mol. The summed E-state index contributed by atoms with van der Waals surface area (Å²) in [6.07, 6.45) is 4.49. The summed E-state index contributed by atoms with van der Waals surface area (Å²) in [5.74, 6) is -0.903. The average Bonchev–Trinajstić information content (AvgIpc) is 2.83. The lowest BCUT2D eigenvalue weighted by molar-refractivity contribution is 0.589. The van der Waals surface area contributed by atoms with E-state index in [1.165, 1.54) is 18.9 Å². The van der Waals surface area contributed by atoms with Gasteiger partial charge in [0.15, 0.2) is 5.82 Å². The lowest BCUT2D eigenvalue weighted by Crippen LogP contribution is -2.01. The molecule has 94 valence electrons. The van der Waals surface area contributed by atoms with Crippen molar-refractivity contribution < 1.29 is 8.78 Å². The molecule has 0 aliphatic heterocycles. The smallest absolute Gasteiger partial charge is 0.152 e. The van der Waals surface area contributed by atoms with Crippen molar-refractivity contribution in [2.75, 3.05) is 5.73 Å². The molecule has 0 bridgehead atoms. The zero-order valence-electron chi connectivity index (χ0n) is 9.92. The molecule has 0 spiro atoms. The third kappa shape index (κ3) is 1.82. The fourth-order valence-corrected chi connectivity index (χ4v) is 2.73. The van der Waals surface area contributed by atoms with Crippen LogP contribution in [0.3, 0.4) is 0 Å². The highest BCUT2D eigenvalue weighted by atomic mass is 19.1. The summed E-state index contributed by atoms with van der Waals surface area (Å²) in [7, 11) is 0. The van der Waals surface area contributed by atoms with Gasteiger partial charge in [0.25, 0.3) is 0 Å². The molecule has 2 aromatic rings. The number of benzene rings is 1. The van der Waals surface area contributed by atoms with E-state index in [2.05, 4.69) is 4.98 Å². The summed E-state index contributed by atoms with van der Waals surface area (Å²) in [5.41, 5.74) is 7.31. The number of nitrogens with zero attached hydrogens (tertiary/aromatic N) is 1. The third-order valence-electron chi connectivity index (χ3n) is 3.66. The van der Waals surface area contributed by atoms with Gasteiger partial charge in [-0.15, -0.1) is 0 Å². The van der Waals surface area contributed by atoms with Gasteiger partial charge in [-0.2, -0.15) is 0 Å². The van der Waals surface area contributed by atoms with Crippen LogP contribution in [0.2, 0.25) is 0 Å². The summed E-state index contributed by atoms with van der Waals surface area (Å²) >= 11 is 0. The maximum atomic E-state index is 13.7. The van der Waals surface area contributed by atoms with Crippen LogP contribution in [0.1, 0.15) is 37.3 Å². The zero-order chi connectivity index (χ0) is 12.7. The molecular formula is C14H14F2N2. The van der Waals surface area contributed by atoms with Gasteiger partial charge >= 0.3 is 0 Å². The number of hydrogen-bond acceptors (Lipinski definition) is 2. The molecule has 1 saturated carbocycles. The molecule has 1 aromatic heterocycles. The fourth-order valence-electron chi connectivity index (χ4n) is 2.73. The van der Waals surface area contributed by atoms with E-state index in [1.54, 1.807) is 6.07 Å². The second-order valence-corrected chi connectivity index (χ2v) is 4.90. The van der Waals surface area contributed by atoms with Gasteiger partial charge in [-0.3, -0.25) is 0 Å². The number of pyridine rings is 1. The number of halogens is 2. The van der Waals surface area contributed by atoms with E-state index in [0.29, 0.717) is 17.0 Å². The van der Waals surface area contributed by atoms with Crippen LogP contribution in [0.5, 0.6) is 0 Å². The van der Waals surface area contributed by atoms with Gasteiger partial charge in [0, 0.05) is 28.8 Å². The van der Waals surface area contributed by atoms with Crippen LogP contribution in [0.4, 0.5) is 14.5 Å². The first kappa shape index (κ1) is 11.4. The Balaban J connectivity index is 2.20. The zero-order valence-corrected chi connectivity index (χ0v) is 9.92. The van der Waals surface area contributed by atoms with Gasteiger partial charge < -0.3 is 5.73 Å². The van der Waals surface area contributed by atoms with E-state index >= 15 is 0 Å². The lowest BCUT2D eigenvalue weighted by atomic mass is 10.0. The van der Waals surface area contributed by atoms with Crippen molar-refractivity contribution in [2.45, 2.75) is 31.6 Å². The van der Waals surface area contributed by atoms with Crippen molar-refractivity contribution in [3.05, 3.63) is 35.5 Å². The minimum Gasteiger partial charge on any atom is -0.398 e. The molecule has 1 fully saturated rings. The van der Waals surface area contributed by atoms with Crippen LogP contribution < -0.4 is 5.73 Å². The Labute approximate surface area is 104 Å². The number of aromatic nitrogens is 1. The predicted molar refractivity (Wildman–Crippen MR) is 67.3 cm³/mol. The Morgan fingerprint density at radius 1 is 1.11 bits per heavy atom. The molecule has 1 aliphatic rings. The van der Waals surface area contributed by atoms with Gasteiger partial charge in [-0.25, -0.2) is 13.8 Å². The van der Waals surface area contributed by atoms with Crippen LogP contribution in [0.15, 0.2) is 18.2 Å². The van der Waals surface area contributed by atoms with E-state index in [-0.39, 0.29) is 5.52 Å². The van der Waals surface area contributed by atoms with Crippen LogP contribution in [-0.4, -0.2) is 4.98 Å². The lowest BCUT2D eigenvalue weighted by Gasteiger charge is -2.12. The third-order valence-corrected chi connectivity index (χ3v) is 3.66. The van der Waals surface area contributed by atoms with Gasteiger partial charge in [0.2, 0.25) is 0 Å². The highest BCUT2D eigenvalue weighted by molar-refractivity contribution is 5.90. The highest BCUT2D eigenvalue weighted by Crippen LogP contribution is 2.35. The van der Waals surface area contributed by atoms with Gasteiger partial charge in [0.05, 0.1) is 0 Å². The Kier molecular flexibility index (Phi) is 2.65. The van der Waals surface area contributed by atoms with E-state index in [0.717, 1.165) is 24.6 Å². The molecule has 1 aliphatic carbocycles. The van der Waals surface area contributed by atoms with Gasteiger partial charge in [-0.1, -0.05) is 12.8 Å². The first-order valence-corrected chi connectivity index (χ1v) is 6.20. The number of anilines is 1. The maximum Gasteiger partial charge on any atom is 0.152 e. The largest absolute Gasteiger partial charge is 0.398 e. The van der Waals surface area contributed by atoms with Crippen LogP contribution in [-0.2, 0) is 0 Å². The van der Waals surface area contributed by atoms with E-state index < -0.39 is 11.6 Å². The first-order chi connectivity index (χ1) is 8.65. The van der Waals surface area contributed by atoms with Crippen molar-refractivity contribution in [3.63, 3.8) is 0 Å². The number of rotatable bonds is 1. The standard InChI is InChI=1S/C14H14F2N2/c15-9-5-10-12(17)7-13(8-3-1-2-4-8)18-14(10)11(16)6-9/h5-8H,1-4H2,(H2,17,18). The molecule has 0 radical (unpaired) electrons. The minimum absolute atomic E-state index is 0.179. The maximum absolute atomic E-state index is 13.7. The Bertz CT molecular complexity index is 604. The highest BCUT2D eigenvalue weighted by Gasteiger charge is 2.20. The molecule has 0 unspecified atom stereocenters. The molecule has 4 heteroatoms. The Morgan fingerprint density at radius 2 is 1.83 bits per heavy atom. The fraction of sp³-hybridized carbons (Fsp3) is 0.357. The average molecular weight is 248 g/mol. The van der Waals surface area contributed by atoms with Crippen LogP contribution in [0.25, 0.3) is 10.9 Å². The molecule has 18 heavy (non-hydrogen) atoms. The molecule has 3 rings (SSSR count). The summed E-state index contributed by atoms with van der Waals surface area (Å²) in [5, 5.41) is 0.356. The normalized spacial score (nSPS) is 16.6.